The van der Waals surface area contributed by atoms with Crippen LogP contribution in [0.1, 0.15) is 68.9 Å². The van der Waals surface area contributed by atoms with Crippen LogP contribution >= 0.6 is 22.2 Å². The molecule has 3 heterocycles. The van der Waals surface area contributed by atoms with Gasteiger partial charge in [-0.15, -0.1) is 0 Å². The predicted octanol–water partition coefficient (Wildman–Crippen LogP) is 21.9. The maximum atomic E-state index is 13.4. The topological polar surface area (TPSA) is 167 Å². The van der Waals surface area contributed by atoms with E-state index in [0.29, 0.717) is 12.3 Å². The molecule has 1 aromatic heterocycles. The van der Waals surface area contributed by atoms with E-state index in [9.17, 15) is 88.2 Å². The molecule has 9 aromatic carbocycles. The number of alkyl halides is 12. The zero-order chi connectivity index (χ0) is 81.4. The summed E-state index contributed by atoms with van der Waals surface area (Å²) >= 11 is 1.89. The lowest BCUT2D eigenvalue weighted by molar-refractivity contribution is -0.364. The first-order valence-electron chi connectivity index (χ1n) is 37.4. The molecule has 0 amide bonds. The third kappa shape index (κ3) is 16.2. The van der Waals surface area contributed by atoms with Crippen LogP contribution < -0.4 is 0 Å². The summed E-state index contributed by atoms with van der Waals surface area (Å²) in [4.78, 5) is 37.9. The molecule has 0 N–H and O–H groups in total. The minimum atomic E-state index is -6.33. The molecule has 0 spiro atoms. The van der Waals surface area contributed by atoms with E-state index in [1.165, 1.54) is 75.4 Å². The average Bonchev–Trinajstić information content (AvgIpc) is 1.46. The van der Waals surface area contributed by atoms with E-state index in [0.717, 1.165) is 32.1 Å². The van der Waals surface area contributed by atoms with Gasteiger partial charge in [0, 0.05) is 38.8 Å². The Morgan fingerprint density at radius 1 is 0.417 bits per heavy atom. The first kappa shape index (κ1) is 82.0. The standard InChI is InChI=1S/C19H15S.C18H13S2.C18H13S.C17H18F6O5S.C15H18F6O5S/c1-2-10-17(11-3-1)20-18-12-6-4-8-15(18)14-16-9-5-7-13-19(16)20;1-2-8-14(9-3-1)20-17-12-6-4-10-15(17)19-16-11-5-7-13-18(16)20;1-2-8-14(9-3-1)19-17-12-6-4-10-15(17)16-11-5-7-13-18(16)19;18-16(19,20)15(17(21,22)23,6-29(25,26)27)28-14(24)11-5-9-4-10(11)13-8-2-1-7(3-8)12(9)13;16-14(17,18)13(15(19,20)21,7-27(23,24)25)26-11(22)12-4-8-1-9(5-12)3-10(2-8)6-12/h1-13H,14H2;1-13H;1-13H;1-2,7-13H,3-6H2,(H,25,26,27);8-10H,1-7H2,(H,23,24,25)/q3*+1;;/p-2. The van der Waals surface area contributed by atoms with E-state index in [2.05, 4.69) is 252 Å². The third-order valence-electron chi connectivity index (χ3n) is 23.7. The van der Waals surface area contributed by atoms with Crippen molar-refractivity contribution in [2.45, 2.75) is 139 Å². The van der Waals surface area contributed by atoms with Crippen LogP contribution in [0.2, 0.25) is 0 Å². The largest absolute Gasteiger partial charge is 0.748 e. The Morgan fingerprint density at radius 3 is 1.22 bits per heavy atom. The molecule has 2 aliphatic heterocycles. The third-order valence-corrected chi connectivity index (χ3v) is 33.8. The molecule has 0 saturated heterocycles. The molecule has 8 bridgehead atoms. The van der Waals surface area contributed by atoms with Crippen molar-refractivity contribution in [3.63, 3.8) is 0 Å². The Kier molecular flexibility index (Phi) is 22.6. The van der Waals surface area contributed by atoms with Crippen LogP contribution in [0.3, 0.4) is 0 Å². The van der Waals surface area contributed by atoms with Crippen molar-refractivity contribution < 1.29 is 97.7 Å². The van der Waals surface area contributed by atoms with Gasteiger partial charge in [0.2, 0.25) is 0 Å². The van der Waals surface area contributed by atoms with E-state index in [-0.39, 0.29) is 99.4 Å². The highest BCUT2D eigenvalue weighted by atomic mass is 32.2. The van der Waals surface area contributed by atoms with Gasteiger partial charge in [-0.2, -0.15) is 52.7 Å². The lowest BCUT2D eigenvalue weighted by Crippen LogP contribution is -2.65. The van der Waals surface area contributed by atoms with Crippen LogP contribution in [0.25, 0.3) is 25.1 Å². The maximum absolute atomic E-state index is 13.4. The average molecular weight is 1700 g/mol. The number of thiophene rings is 1. The normalized spacial score (nSPS) is 24.3. The molecule has 10 nitrogen and oxygen atoms in total. The van der Waals surface area contributed by atoms with Gasteiger partial charge in [0.15, 0.2) is 43.7 Å². The van der Waals surface area contributed by atoms with Gasteiger partial charge in [-0.1, -0.05) is 163 Å². The van der Waals surface area contributed by atoms with Gasteiger partial charge in [0.1, 0.15) is 10.9 Å². The molecule has 10 aliphatic rings. The van der Waals surface area contributed by atoms with Gasteiger partial charge in [0.05, 0.1) is 63.8 Å². The number of halogens is 12. The minimum absolute atomic E-state index is 0.00992. The van der Waals surface area contributed by atoms with E-state index < -0.39 is 96.8 Å². The first-order valence-corrected chi connectivity index (χ1v) is 45.0. The van der Waals surface area contributed by atoms with Crippen LogP contribution in [0.5, 0.6) is 0 Å². The molecule has 20 rings (SSSR count). The molecule has 8 aliphatic carbocycles. The van der Waals surface area contributed by atoms with Gasteiger partial charge in [-0.05, 0) is 208 Å². The van der Waals surface area contributed by atoms with Crippen LogP contribution in [0.4, 0.5) is 52.7 Å². The van der Waals surface area contributed by atoms with E-state index >= 15 is 0 Å². The fraction of sp³-hybridized carbons (Fsp3) is 0.333. The van der Waals surface area contributed by atoms with Crippen molar-refractivity contribution in [3.8, 4) is 4.90 Å². The molecule has 28 heteroatoms. The number of allylic oxidation sites excluding steroid dienone is 2. The highest BCUT2D eigenvalue weighted by molar-refractivity contribution is 8.04. The van der Waals surface area contributed by atoms with Crippen LogP contribution in [-0.2, 0) is 67.5 Å². The molecule has 7 unspecified atom stereocenters. The maximum Gasteiger partial charge on any atom is 0.438 e. The van der Waals surface area contributed by atoms with Crippen molar-refractivity contribution in [3.05, 3.63) is 260 Å². The highest BCUT2D eigenvalue weighted by Crippen LogP contribution is 2.68. The van der Waals surface area contributed by atoms with Gasteiger partial charge >= 0.3 is 47.8 Å². The second-order valence-electron chi connectivity index (χ2n) is 30.9. The second kappa shape index (κ2) is 31.7. The minimum Gasteiger partial charge on any atom is -0.748 e. The number of carbonyl (C=O) groups excluding carboxylic acids is 2. The smallest absolute Gasteiger partial charge is 0.438 e. The molecule has 7 saturated carbocycles. The summed E-state index contributed by atoms with van der Waals surface area (Å²) in [5.41, 5.74) is -9.30. The molecular weight excluding hydrogens is 1630 g/mol. The van der Waals surface area contributed by atoms with Crippen LogP contribution in [0, 0.1) is 64.6 Å². The summed E-state index contributed by atoms with van der Waals surface area (Å²) in [6.45, 7) is 0. The Hall–Kier alpha value is -8.09. The molecule has 10 aromatic rings. The number of fused-ring (bicyclic) bond motifs is 16. The van der Waals surface area contributed by atoms with Crippen molar-refractivity contribution in [1.82, 2.24) is 0 Å². The molecule has 7 atom stereocenters. The zero-order valence-electron chi connectivity index (χ0n) is 61.0. The molecule has 7 fully saturated rings. The van der Waals surface area contributed by atoms with E-state index in [1.807, 2.05) is 17.8 Å². The number of ether oxygens (including phenoxy) is 2. The number of rotatable bonds is 11. The molecule has 115 heavy (non-hydrogen) atoms. The van der Waals surface area contributed by atoms with Crippen molar-refractivity contribution in [2.24, 2.45) is 64.6 Å². The summed E-state index contributed by atoms with van der Waals surface area (Å²) in [6.07, 6.45) is -16.0. The zero-order valence-corrected chi connectivity index (χ0v) is 65.9. The SMILES string of the molecule is O=C(OC(CS(=O)(=O)[O-])(C(F)(F)F)C(F)(F)F)C12CC3CC(CC(C3)C1)C2.O=C(OC(CS(=O)(=O)[O-])(C(F)(F)F)C(F)(F)F)C1CC2CC1C1C3C=CC(C3)C21.c1ccc(-[s+]2c3ccccc3c3ccccc32)cc1.c1ccc([S+]2c3ccccc3Cc3ccccc32)cc1.c1ccc([S+]2c3ccccc3Sc3ccccc32)cc1. The Bertz CT molecular complexity index is 5190. The fourth-order valence-electron chi connectivity index (χ4n) is 19.5. The number of hydrogen-bond donors (Lipinski definition) is 0. The quantitative estimate of drug-likeness (QED) is 0.0302. The van der Waals surface area contributed by atoms with Crippen molar-refractivity contribution in [2.75, 3.05) is 11.5 Å². The summed E-state index contributed by atoms with van der Waals surface area (Å²) in [6, 6.07) is 85.5. The summed E-state index contributed by atoms with van der Waals surface area (Å²) in [5, 5.41) is 2.79. The van der Waals surface area contributed by atoms with Crippen molar-refractivity contribution in [1.29, 1.82) is 0 Å². The van der Waals surface area contributed by atoms with E-state index in [1.54, 1.807) is 0 Å². The molecule has 0 radical (unpaired) electrons. The lowest BCUT2D eigenvalue weighted by Gasteiger charge is -2.55. The van der Waals surface area contributed by atoms with Gasteiger partial charge in [-0.25, -0.2) is 16.8 Å². The Labute approximate surface area is 669 Å². The number of esters is 2. The molecule has 602 valence electrons. The fourth-order valence-corrected chi connectivity index (χ4v) is 29.9. The lowest BCUT2D eigenvalue weighted by atomic mass is 9.49. The summed E-state index contributed by atoms with van der Waals surface area (Å²) < 4.78 is 236. The highest BCUT2D eigenvalue weighted by Gasteiger charge is 2.78. The Morgan fingerprint density at radius 2 is 0.783 bits per heavy atom. The monoisotopic (exact) mass is 1700 g/mol. The first-order chi connectivity index (χ1) is 54.5. The number of benzene rings is 9. The van der Waals surface area contributed by atoms with Gasteiger partial charge < -0.3 is 18.6 Å². The number of carbonyl (C=O) groups is 2. The van der Waals surface area contributed by atoms with Gasteiger partial charge in [0.25, 0.3) is 0 Å². The second-order valence-corrected chi connectivity index (χ2v) is 40.7. The number of hydrogen-bond acceptors (Lipinski definition) is 11. The molecular formula is C87H75F12O10S6+. The summed E-state index contributed by atoms with van der Waals surface area (Å²) in [5.74, 6) is -10.1. The van der Waals surface area contributed by atoms with Gasteiger partial charge in [-0.3, -0.25) is 9.59 Å². The predicted molar refractivity (Wildman–Crippen MR) is 414 cm³/mol. The van der Waals surface area contributed by atoms with Crippen LogP contribution in [0.15, 0.2) is 288 Å². The summed E-state index contributed by atoms with van der Waals surface area (Å²) in [7, 11) is -11.9. The van der Waals surface area contributed by atoms with Crippen LogP contribution in [-0.4, -0.2) is 85.3 Å². The van der Waals surface area contributed by atoms with E-state index in [4.69, 9.17) is 0 Å². The van der Waals surface area contributed by atoms with Crippen molar-refractivity contribution >= 4 is 96.4 Å². The Balaban J connectivity index is 0.000000114.